The third kappa shape index (κ3) is 5.16. The van der Waals surface area contributed by atoms with Crippen LogP contribution in [0.25, 0.3) is 0 Å². The van der Waals surface area contributed by atoms with E-state index in [1.165, 1.54) is 0 Å². The van der Waals surface area contributed by atoms with Crippen LogP contribution in [0.3, 0.4) is 0 Å². The Morgan fingerprint density at radius 1 is 1.04 bits per heavy atom. The van der Waals surface area contributed by atoms with Crippen molar-refractivity contribution in [3.05, 3.63) is 0 Å². The molecule has 0 radical (unpaired) electrons. The summed E-state index contributed by atoms with van der Waals surface area (Å²) < 4.78 is 25.1. The van der Waals surface area contributed by atoms with Crippen molar-refractivity contribution in [3.8, 4) is 0 Å². The fraction of sp³-hybridized carbons (Fsp3) is 0.938. The first kappa shape index (κ1) is 18.7. The van der Waals surface area contributed by atoms with Gasteiger partial charge < -0.3 is 9.80 Å². The van der Waals surface area contributed by atoms with Crippen molar-refractivity contribution in [1.29, 1.82) is 0 Å². The summed E-state index contributed by atoms with van der Waals surface area (Å²) in [6.07, 6.45) is 1.53. The van der Waals surface area contributed by atoms with E-state index in [-0.39, 0.29) is 16.9 Å². The SMILES string of the molecule is CC(=O)N1CCN(CCS(=O)(=O)C2CCN(C(C)C)CC2)CC1. The molecule has 6 nitrogen and oxygen atoms in total. The topological polar surface area (TPSA) is 60.9 Å². The number of sulfone groups is 1. The first-order chi connectivity index (χ1) is 10.8. The van der Waals surface area contributed by atoms with Crippen molar-refractivity contribution in [2.75, 3.05) is 51.6 Å². The molecule has 2 saturated heterocycles. The normalized spacial score (nSPS) is 22.7. The average molecular weight is 346 g/mol. The van der Waals surface area contributed by atoms with Gasteiger partial charge in [-0.1, -0.05) is 0 Å². The molecule has 0 aromatic carbocycles. The Hall–Kier alpha value is -0.660. The number of carbonyl (C=O) groups is 1. The van der Waals surface area contributed by atoms with Crippen LogP contribution in [0.1, 0.15) is 33.6 Å². The smallest absolute Gasteiger partial charge is 0.219 e. The summed E-state index contributed by atoms with van der Waals surface area (Å²) in [6.45, 7) is 11.3. The van der Waals surface area contributed by atoms with E-state index in [0.29, 0.717) is 25.7 Å². The molecule has 7 heteroatoms. The Morgan fingerprint density at radius 3 is 2.09 bits per heavy atom. The Labute approximate surface area is 140 Å². The molecule has 0 atom stereocenters. The Bertz CT molecular complexity index is 491. The molecule has 23 heavy (non-hydrogen) atoms. The molecule has 2 aliphatic rings. The molecule has 2 heterocycles. The lowest BCUT2D eigenvalue weighted by molar-refractivity contribution is -0.130. The second-order valence-electron chi connectivity index (χ2n) is 7.04. The average Bonchev–Trinajstić information content (AvgIpc) is 2.53. The summed E-state index contributed by atoms with van der Waals surface area (Å²) in [6, 6.07) is 0.497. The van der Waals surface area contributed by atoms with Gasteiger partial charge in [0.05, 0.1) is 11.0 Å². The molecule has 0 unspecified atom stereocenters. The van der Waals surface area contributed by atoms with Crippen molar-refractivity contribution in [2.45, 2.75) is 44.9 Å². The largest absolute Gasteiger partial charge is 0.340 e. The van der Waals surface area contributed by atoms with E-state index >= 15 is 0 Å². The maximum absolute atomic E-state index is 12.6. The highest BCUT2D eigenvalue weighted by Crippen LogP contribution is 2.20. The van der Waals surface area contributed by atoms with Crippen LogP contribution < -0.4 is 0 Å². The van der Waals surface area contributed by atoms with E-state index in [4.69, 9.17) is 0 Å². The van der Waals surface area contributed by atoms with Crippen LogP contribution in [0.4, 0.5) is 0 Å². The van der Waals surface area contributed by atoms with Crippen molar-refractivity contribution in [3.63, 3.8) is 0 Å². The minimum Gasteiger partial charge on any atom is -0.340 e. The molecule has 2 fully saturated rings. The Balaban J connectivity index is 1.76. The van der Waals surface area contributed by atoms with Gasteiger partial charge in [0.15, 0.2) is 9.84 Å². The highest BCUT2D eigenvalue weighted by Gasteiger charge is 2.31. The molecule has 0 aromatic rings. The van der Waals surface area contributed by atoms with E-state index in [2.05, 4.69) is 23.6 Å². The van der Waals surface area contributed by atoms with E-state index in [0.717, 1.165) is 39.0 Å². The molecule has 0 aliphatic carbocycles. The van der Waals surface area contributed by atoms with Gasteiger partial charge in [-0.2, -0.15) is 0 Å². The number of carbonyl (C=O) groups excluding carboxylic acids is 1. The van der Waals surface area contributed by atoms with Gasteiger partial charge in [0.25, 0.3) is 0 Å². The van der Waals surface area contributed by atoms with Gasteiger partial charge >= 0.3 is 0 Å². The first-order valence-electron chi connectivity index (χ1n) is 8.73. The zero-order chi connectivity index (χ0) is 17.0. The molecule has 0 saturated carbocycles. The molecule has 0 N–H and O–H groups in total. The molecule has 0 aromatic heterocycles. The van der Waals surface area contributed by atoms with Crippen LogP contribution in [0.15, 0.2) is 0 Å². The van der Waals surface area contributed by atoms with Crippen LogP contribution in [-0.2, 0) is 14.6 Å². The van der Waals surface area contributed by atoms with Crippen LogP contribution in [0, 0.1) is 0 Å². The zero-order valence-corrected chi connectivity index (χ0v) is 15.5. The summed E-state index contributed by atoms with van der Waals surface area (Å²) >= 11 is 0. The number of hydrogen-bond donors (Lipinski definition) is 0. The number of nitrogens with zero attached hydrogens (tertiary/aromatic N) is 3. The van der Waals surface area contributed by atoms with Gasteiger partial charge in [0.1, 0.15) is 0 Å². The number of piperazine rings is 1. The fourth-order valence-corrected chi connectivity index (χ4v) is 5.24. The first-order valence-corrected chi connectivity index (χ1v) is 10.4. The van der Waals surface area contributed by atoms with Crippen LogP contribution in [0.5, 0.6) is 0 Å². The molecule has 2 rings (SSSR count). The minimum absolute atomic E-state index is 0.106. The van der Waals surface area contributed by atoms with E-state index < -0.39 is 9.84 Å². The lowest BCUT2D eigenvalue weighted by atomic mass is 10.1. The van der Waals surface area contributed by atoms with E-state index in [9.17, 15) is 13.2 Å². The summed E-state index contributed by atoms with van der Waals surface area (Å²) in [5.74, 6) is 0.355. The summed E-state index contributed by atoms with van der Waals surface area (Å²) in [5, 5.41) is -0.170. The van der Waals surface area contributed by atoms with Crippen molar-refractivity contribution < 1.29 is 13.2 Å². The quantitative estimate of drug-likeness (QED) is 0.723. The number of rotatable bonds is 5. The van der Waals surface area contributed by atoms with Crippen LogP contribution in [0.2, 0.25) is 0 Å². The van der Waals surface area contributed by atoms with Gasteiger partial charge in [-0.3, -0.25) is 9.69 Å². The monoisotopic (exact) mass is 345 g/mol. The lowest BCUT2D eigenvalue weighted by Gasteiger charge is -2.36. The number of likely N-dealkylation sites (tertiary alicyclic amines) is 1. The molecule has 2 aliphatic heterocycles. The lowest BCUT2D eigenvalue weighted by Crippen LogP contribution is -2.49. The molecule has 0 bridgehead atoms. The van der Waals surface area contributed by atoms with Gasteiger partial charge in [-0.05, 0) is 39.8 Å². The zero-order valence-electron chi connectivity index (χ0n) is 14.7. The third-order valence-electron chi connectivity index (χ3n) is 5.22. The predicted molar refractivity (Wildman–Crippen MR) is 92.2 cm³/mol. The van der Waals surface area contributed by atoms with E-state index in [1.807, 2.05) is 4.90 Å². The summed E-state index contributed by atoms with van der Waals surface area (Å²) in [7, 11) is -3.01. The molecular weight excluding hydrogens is 314 g/mol. The van der Waals surface area contributed by atoms with E-state index in [1.54, 1.807) is 6.92 Å². The molecule has 134 valence electrons. The standard InChI is InChI=1S/C16H31N3O3S/c1-14(2)18-6-4-16(5-7-18)23(21,22)13-12-17-8-10-19(11-9-17)15(3)20/h14,16H,4-13H2,1-3H3. The maximum atomic E-state index is 12.6. The van der Waals surface area contributed by atoms with Gasteiger partial charge in [0.2, 0.25) is 5.91 Å². The second-order valence-corrected chi connectivity index (χ2v) is 9.44. The molecule has 0 spiro atoms. The van der Waals surface area contributed by atoms with Crippen molar-refractivity contribution in [2.24, 2.45) is 0 Å². The molecule has 1 amide bonds. The second kappa shape index (κ2) is 7.94. The van der Waals surface area contributed by atoms with Crippen LogP contribution in [-0.4, -0.2) is 91.9 Å². The Kier molecular flexibility index (Phi) is 6.45. The van der Waals surface area contributed by atoms with Gasteiger partial charge in [0, 0.05) is 45.7 Å². The van der Waals surface area contributed by atoms with Gasteiger partial charge in [-0.25, -0.2) is 8.42 Å². The summed E-state index contributed by atoms with van der Waals surface area (Å²) in [4.78, 5) is 17.7. The Morgan fingerprint density at radius 2 is 1.61 bits per heavy atom. The number of piperidine rings is 1. The number of amides is 1. The minimum atomic E-state index is -3.01. The highest BCUT2D eigenvalue weighted by atomic mass is 32.2. The highest BCUT2D eigenvalue weighted by molar-refractivity contribution is 7.92. The predicted octanol–water partition coefficient (Wildman–Crippen LogP) is 0.438. The van der Waals surface area contributed by atoms with Crippen molar-refractivity contribution >= 4 is 15.7 Å². The van der Waals surface area contributed by atoms with Crippen molar-refractivity contribution in [1.82, 2.24) is 14.7 Å². The van der Waals surface area contributed by atoms with Crippen LogP contribution >= 0.6 is 0 Å². The number of hydrogen-bond acceptors (Lipinski definition) is 5. The fourth-order valence-electron chi connectivity index (χ4n) is 3.46. The summed E-state index contributed by atoms with van der Waals surface area (Å²) in [5.41, 5.74) is 0. The molecular formula is C16H31N3O3S. The maximum Gasteiger partial charge on any atom is 0.219 e. The third-order valence-corrected chi connectivity index (χ3v) is 7.46. The van der Waals surface area contributed by atoms with Gasteiger partial charge in [-0.15, -0.1) is 0 Å².